The van der Waals surface area contributed by atoms with E-state index in [0.29, 0.717) is 12.1 Å². The largest absolute Gasteiger partial charge is 0.477 e. The fourth-order valence-electron chi connectivity index (χ4n) is 1.42. The van der Waals surface area contributed by atoms with E-state index < -0.39 is 11.6 Å². The first-order chi connectivity index (χ1) is 7.59. The highest BCUT2D eigenvalue weighted by atomic mass is 16.4. The molecule has 1 aromatic rings. The lowest BCUT2D eigenvalue weighted by Gasteiger charge is -2.15. The monoisotopic (exact) mass is 218 g/mol. The maximum absolute atomic E-state index is 10.7. The van der Waals surface area contributed by atoms with E-state index in [-0.39, 0.29) is 5.69 Å². The van der Waals surface area contributed by atoms with Gasteiger partial charge in [-0.3, -0.25) is 0 Å². The first-order valence-electron chi connectivity index (χ1n) is 4.67. The van der Waals surface area contributed by atoms with Gasteiger partial charge in [-0.15, -0.1) is 0 Å². The van der Waals surface area contributed by atoms with E-state index in [9.17, 15) is 4.79 Å². The molecule has 6 heteroatoms. The minimum absolute atomic E-state index is 0.0000142. The fraction of sp³-hybridized carbons (Fsp3) is 0.200. The Morgan fingerprint density at radius 1 is 1.50 bits per heavy atom. The van der Waals surface area contributed by atoms with Crippen molar-refractivity contribution in [2.45, 2.75) is 12.1 Å². The summed E-state index contributed by atoms with van der Waals surface area (Å²) in [6.45, 7) is 0. The minimum Gasteiger partial charge on any atom is -0.477 e. The highest BCUT2D eigenvalue weighted by Gasteiger charge is 2.25. The summed E-state index contributed by atoms with van der Waals surface area (Å²) >= 11 is 0. The summed E-state index contributed by atoms with van der Waals surface area (Å²) in [5.74, 6) is -1.06. The van der Waals surface area contributed by atoms with Crippen molar-refractivity contribution in [1.29, 1.82) is 0 Å². The molecule has 0 aromatic carbocycles. The van der Waals surface area contributed by atoms with E-state index in [0.717, 1.165) is 0 Å². The van der Waals surface area contributed by atoms with Crippen molar-refractivity contribution in [1.82, 2.24) is 4.98 Å². The Balaban J connectivity index is 2.22. The van der Waals surface area contributed by atoms with Crippen LogP contribution in [0.4, 0.5) is 0 Å². The number of hydrogen-bond donors (Lipinski definition) is 2. The molecule has 0 saturated carbocycles. The molecule has 6 nitrogen and oxygen atoms in total. The van der Waals surface area contributed by atoms with Crippen LogP contribution in [0.5, 0.6) is 0 Å². The van der Waals surface area contributed by atoms with Crippen LogP contribution in [0.3, 0.4) is 0 Å². The second-order valence-corrected chi connectivity index (χ2v) is 3.52. The maximum atomic E-state index is 10.7. The third kappa shape index (κ3) is 2.12. The van der Waals surface area contributed by atoms with Gasteiger partial charge in [0.1, 0.15) is 5.69 Å². The molecule has 82 valence electrons. The quantitative estimate of drug-likeness (QED) is 0.788. The van der Waals surface area contributed by atoms with Crippen LogP contribution in [0.25, 0.3) is 0 Å². The molecule has 0 aliphatic carbocycles. The van der Waals surface area contributed by atoms with E-state index in [1.54, 1.807) is 18.2 Å². The van der Waals surface area contributed by atoms with Gasteiger partial charge in [0.15, 0.2) is 5.66 Å². The summed E-state index contributed by atoms with van der Waals surface area (Å²) in [5.41, 5.74) is 5.56. The number of aromatic nitrogens is 1. The summed E-state index contributed by atoms with van der Waals surface area (Å²) in [7, 11) is 0. The van der Waals surface area contributed by atoms with Crippen LogP contribution >= 0.6 is 0 Å². The number of nitrogens with zero attached hydrogens (tertiary/aromatic N) is 3. The Morgan fingerprint density at radius 2 is 2.31 bits per heavy atom. The number of pyridine rings is 1. The van der Waals surface area contributed by atoms with Gasteiger partial charge in [0, 0.05) is 18.3 Å². The van der Waals surface area contributed by atoms with Gasteiger partial charge in [-0.05, 0) is 18.2 Å². The smallest absolute Gasteiger partial charge is 0.354 e. The van der Waals surface area contributed by atoms with Crippen molar-refractivity contribution in [3.05, 3.63) is 41.9 Å². The number of hydrogen-bond acceptors (Lipinski definition) is 5. The van der Waals surface area contributed by atoms with Gasteiger partial charge in [0.25, 0.3) is 0 Å². The molecule has 0 fully saturated rings. The number of carboxylic acids is 1. The standard InChI is InChI=1S/C10H10N4O2/c11-10(4-5-12-14-10)6-7-2-1-3-8(13-7)9(15)16/h1-5H,6,11H2,(H,15,16). The van der Waals surface area contributed by atoms with Crippen LogP contribution in [0.1, 0.15) is 16.2 Å². The first-order valence-corrected chi connectivity index (χ1v) is 4.67. The van der Waals surface area contributed by atoms with Gasteiger partial charge in [0.2, 0.25) is 0 Å². The zero-order valence-corrected chi connectivity index (χ0v) is 8.37. The normalized spacial score (nSPS) is 22.6. The van der Waals surface area contributed by atoms with Gasteiger partial charge in [0.05, 0.1) is 0 Å². The fourth-order valence-corrected chi connectivity index (χ4v) is 1.42. The van der Waals surface area contributed by atoms with E-state index in [1.807, 2.05) is 0 Å². The number of azo groups is 1. The molecule has 1 atom stereocenters. The molecule has 0 amide bonds. The molecule has 2 heterocycles. The van der Waals surface area contributed by atoms with Crippen LogP contribution in [0.15, 0.2) is 40.7 Å². The molecule has 3 N–H and O–H groups in total. The van der Waals surface area contributed by atoms with Crippen molar-refractivity contribution >= 4 is 5.97 Å². The van der Waals surface area contributed by atoms with Gasteiger partial charge in [-0.2, -0.15) is 10.2 Å². The van der Waals surface area contributed by atoms with E-state index in [4.69, 9.17) is 10.8 Å². The molecular weight excluding hydrogens is 208 g/mol. The Kier molecular flexibility index (Phi) is 2.49. The summed E-state index contributed by atoms with van der Waals surface area (Å²) in [5, 5.41) is 16.3. The van der Waals surface area contributed by atoms with E-state index in [1.165, 1.54) is 12.3 Å². The van der Waals surface area contributed by atoms with Gasteiger partial charge in [-0.1, -0.05) is 6.07 Å². The topological polar surface area (TPSA) is 101 Å². The first kappa shape index (κ1) is 10.4. The lowest BCUT2D eigenvalue weighted by molar-refractivity contribution is 0.0690. The van der Waals surface area contributed by atoms with Crippen molar-refractivity contribution < 1.29 is 9.90 Å². The lowest BCUT2D eigenvalue weighted by atomic mass is 10.1. The van der Waals surface area contributed by atoms with Crippen LogP contribution in [0.2, 0.25) is 0 Å². The molecule has 0 bridgehead atoms. The molecule has 2 rings (SSSR count). The Hall–Kier alpha value is -2.08. The zero-order chi connectivity index (χ0) is 11.6. The molecule has 1 unspecified atom stereocenters. The molecule has 1 aliphatic heterocycles. The molecule has 0 radical (unpaired) electrons. The predicted octanol–water partition coefficient (Wildman–Crippen LogP) is 0.957. The van der Waals surface area contributed by atoms with Gasteiger partial charge >= 0.3 is 5.97 Å². The highest BCUT2D eigenvalue weighted by molar-refractivity contribution is 5.85. The summed E-state index contributed by atoms with van der Waals surface area (Å²) in [6, 6.07) is 4.77. The van der Waals surface area contributed by atoms with E-state index >= 15 is 0 Å². The summed E-state index contributed by atoms with van der Waals surface area (Å²) in [6.07, 6.45) is 3.50. The molecular formula is C10H10N4O2. The molecule has 16 heavy (non-hydrogen) atoms. The Bertz CT molecular complexity index is 469. The average Bonchev–Trinajstić information content (AvgIpc) is 2.65. The SMILES string of the molecule is NC1(Cc2cccc(C(=O)O)n2)C=CN=N1. The minimum atomic E-state index is -1.06. The summed E-state index contributed by atoms with van der Waals surface area (Å²) < 4.78 is 0. The highest BCUT2D eigenvalue weighted by Crippen LogP contribution is 2.18. The van der Waals surface area contributed by atoms with Crippen molar-refractivity contribution in [3.63, 3.8) is 0 Å². The number of rotatable bonds is 3. The number of aromatic carboxylic acids is 1. The lowest BCUT2D eigenvalue weighted by Crippen LogP contribution is -2.36. The zero-order valence-electron chi connectivity index (χ0n) is 8.37. The molecule has 0 saturated heterocycles. The number of carbonyl (C=O) groups is 1. The maximum Gasteiger partial charge on any atom is 0.354 e. The van der Waals surface area contributed by atoms with Crippen molar-refractivity contribution in [2.24, 2.45) is 16.0 Å². The Morgan fingerprint density at radius 3 is 2.94 bits per heavy atom. The molecule has 0 spiro atoms. The Labute approximate surface area is 91.5 Å². The molecule has 1 aromatic heterocycles. The number of nitrogens with two attached hydrogens (primary N) is 1. The molecule has 1 aliphatic rings. The summed E-state index contributed by atoms with van der Waals surface area (Å²) in [4.78, 5) is 14.7. The van der Waals surface area contributed by atoms with Crippen LogP contribution in [-0.2, 0) is 6.42 Å². The van der Waals surface area contributed by atoms with Crippen LogP contribution < -0.4 is 5.73 Å². The van der Waals surface area contributed by atoms with Gasteiger partial charge < -0.3 is 10.8 Å². The van der Waals surface area contributed by atoms with Crippen molar-refractivity contribution in [3.8, 4) is 0 Å². The third-order valence-corrected chi connectivity index (χ3v) is 2.16. The predicted molar refractivity (Wildman–Crippen MR) is 55.8 cm³/mol. The van der Waals surface area contributed by atoms with E-state index in [2.05, 4.69) is 15.2 Å². The van der Waals surface area contributed by atoms with Crippen LogP contribution in [-0.4, -0.2) is 21.7 Å². The van der Waals surface area contributed by atoms with Crippen LogP contribution in [0, 0.1) is 0 Å². The van der Waals surface area contributed by atoms with Crippen molar-refractivity contribution in [2.75, 3.05) is 0 Å². The number of carboxylic acid groups (broad SMARTS) is 1. The third-order valence-electron chi connectivity index (χ3n) is 2.16. The second-order valence-electron chi connectivity index (χ2n) is 3.52. The average molecular weight is 218 g/mol. The second kappa shape index (κ2) is 3.82. The van der Waals surface area contributed by atoms with Gasteiger partial charge in [-0.25, -0.2) is 9.78 Å².